The first-order valence-electron chi connectivity index (χ1n) is 17.7. The van der Waals surface area contributed by atoms with Crippen molar-refractivity contribution in [3.05, 3.63) is 11.6 Å². The normalized spacial score (nSPS) is 54.4. The lowest BCUT2D eigenvalue weighted by molar-refractivity contribution is -0.298. The van der Waals surface area contributed by atoms with E-state index in [1.165, 1.54) is 0 Å². The number of fused-ring (bicyclic) bond motifs is 7. The van der Waals surface area contributed by atoms with E-state index in [2.05, 4.69) is 26.8 Å². The highest BCUT2D eigenvalue weighted by Gasteiger charge is 2.73. The van der Waals surface area contributed by atoms with Gasteiger partial charge in [-0.15, -0.1) is 0 Å². The highest BCUT2D eigenvalue weighted by Crippen LogP contribution is 2.76. The Labute approximate surface area is 282 Å². The maximum Gasteiger partial charge on any atom is 0.315 e. The van der Waals surface area contributed by atoms with Crippen molar-refractivity contribution < 1.29 is 59.9 Å². The van der Waals surface area contributed by atoms with Crippen LogP contribution in [0.4, 0.5) is 0 Å². The molecule has 5 fully saturated rings. The molecule has 0 unspecified atom stereocenters. The number of hydrogen-bond acceptors (Lipinski definition) is 11. The number of aliphatic carboxylic acids is 1. The van der Waals surface area contributed by atoms with Gasteiger partial charge in [0.05, 0.1) is 35.7 Å². The van der Waals surface area contributed by atoms with E-state index in [1.807, 2.05) is 13.8 Å². The molecule has 4 saturated carbocycles. The summed E-state index contributed by atoms with van der Waals surface area (Å²) in [5, 5.41) is 85.7. The van der Waals surface area contributed by atoms with Crippen molar-refractivity contribution in [1.82, 2.24) is 0 Å². The van der Waals surface area contributed by atoms with Crippen LogP contribution >= 0.6 is 0 Å². The van der Waals surface area contributed by atoms with Crippen molar-refractivity contribution in [3.63, 3.8) is 0 Å². The summed E-state index contributed by atoms with van der Waals surface area (Å²) in [5.74, 6) is -2.82. The van der Waals surface area contributed by atoms with Crippen LogP contribution in [0.25, 0.3) is 0 Å². The topological polar surface area (TPSA) is 214 Å². The van der Waals surface area contributed by atoms with Crippen molar-refractivity contribution in [1.29, 1.82) is 0 Å². The Morgan fingerprint density at radius 1 is 0.854 bits per heavy atom. The molecule has 16 atom stereocenters. The predicted octanol–water partition coefficient (Wildman–Crippen LogP) is 1.50. The molecule has 1 saturated heterocycles. The third-order valence-corrected chi connectivity index (χ3v) is 15.4. The number of allylic oxidation sites excluding steroid dienone is 1. The molecule has 48 heavy (non-hydrogen) atoms. The zero-order valence-electron chi connectivity index (χ0n) is 29.0. The zero-order valence-corrected chi connectivity index (χ0v) is 29.0. The fraction of sp³-hybridized carbons (Fsp3) is 0.889. The number of carboxylic acids is 1. The molecular weight excluding hydrogens is 624 g/mol. The Bertz CT molecular complexity index is 1350. The van der Waals surface area contributed by atoms with E-state index >= 15 is 0 Å². The van der Waals surface area contributed by atoms with Gasteiger partial charge in [0.1, 0.15) is 24.4 Å². The molecule has 8 N–H and O–H groups in total. The molecule has 12 nitrogen and oxygen atoms in total. The van der Waals surface area contributed by atoms with E-state index in [-0.39, 0.29) is 18.3 Å². The molecule has 0 bridgehead atoms. The summed E-state index contributed by atoms with van der Waals surface area (Å²) in [6, 6.07) is 0. The summed E-state index contributed by atoms with van der Waals surface area (Å²) in [5.41, 5.74) is -3.75. The third-order valence-electron chi connectivity index (χ3n) is 15.4. The summed E-state index contributed by atoms with van der Waals surface area (Å²) >= 11 is 0. The van der Waals surface area contributed by atoms with Crippen LogP contribution in [0.1, 0.15) is 92.9 Å². The van der Waals surface area contributed by atoms with E-state index in [0.29, 0.717) is 44.9 Å². The predicted molar refractivity (Wildman–Crippen MR) is 170 cm³/mol. The van der Waals surface area contributed by atoms with E-state index < -0.39 is 106 Å². The Kier molecular flexibility index (Phi) is 8.61. The highest BCUT2D eigenvalue weighted by atomic mass is 16.7. The van der Waals surface area contributed by atoms with Gasteiger partial charge in [-0.05, 0) is 91.8 Å². The van der Waals surface area contributed by atoms with Crippen LogP contribution in [0.2, 0.25) is 0 Å². The van der Waals surface area contributed by atoms with Gasteiger partial charge >= 0.3 is 11.9 Å². The van der Waals surface area contributed by atoms with Gasteiger partial charge in [0.2, 0.25) is 6.29 Å². The molecule has 0 amide bonds. The zero-order chi connectivity index (χ0) is 35.6. The minimum absolute atomic E-state index is 0.0411. The largest absolute Gasteiger partial charge is 0.481 e. The molecular formula is C36H56O12. The highest BCUT2D eigenvalue weighted by molar-refractivity contribution is 5.79. The van der Waals surface area contributed by atoms with Gasteiger partial charge < -0.3 is 50.3 Å². The lowest BCUT2D eigenvalue weighted by atomic mass is 9.33. The average molecular weight is 681 g/mol. The summed E-state index contributed by atoms with van der Waals surface area (Å²) < 4.78 is 11.4. The quantitative estimate of drug-likeness (QED) is 0.157. The third kappa shape index (κ3) is 4.55. The summed E-state index contributed by atoms with van der Waals surface area (Å²) in [4.78, 5) is 27.2. The fourth-order valence-electron chi connectivity index (χ4n) is 12.1. The molecule has 5 aliphatic carbocycles. The van der Waals surface area contributed by atoms with Crippen molar-refractivity contribution in [2.45, 2.75) is 142 Å². The molecule has 12 heteroatoms. The van der Waals surface area contributed by atoms with Gasteiger partial charge in [-0.2, -0.15) is 0 Å². The first kappa shape index (κ1) is 36.2. The van der Waals surface area contributed by atoms with Gasteiger partial charge in [0.25, 0.3) is 0 Å². The second kappa shape index (κ2) is 11.4. The molecule has 272 valence electrons. The molecule has 0 aromatic carbocycles. The number of carbonyl (C=O) groups is 2. The lowest BCUT2D eigenvalue weighted by Crippen LogP contribution is -2.69. The Balaban J connectivity index is 1.40. The molecule has 6 rings (SSSR count). The van der Waals surface area contributed by atoms with Gasteiger partial charge in [-0.25, -0.2) is 0 Å². The first-order chi connectivity index (χ1) is 22.2. The first-order valence-corrected chi connectivity index (χ1v) is 17.7. The van der Waals surface area contributed by atoms with Crippen LogP contribution < -0.4 is 0 Å². The number of carbonyl (C=O) groups excluding carboxylic acids is 1. The standard InChI is InChI=1S/C36H56O12/c1-31(2)11-13-36(30(46)48-28-25(41)24(40)23(39)19(16-37)47-28)14-12-33(4)17(22(36)27(31)43)7-8-20-32(3)15-18(38)26(42)35(6,29(44)45)21(32)9-10-34(20,33)5/h7,18-28,37-43H,8-16H2,1-6H3,(H,44,45)/t18-,19-,20+,21-,22-,23-,24+,25-,26+,27-,28+,32-,33-,34-,35-,36+/m1/s1. The van der Waals surface area contributed by atoms with Crippen LogP contribution in [-0.4, -0.2) is 108 Å². The lowest BCUT2D eigenvalue weighted by Gasteiger charge is -2.71. The summed E-state index contributed by atoms with van der Waals surface area (Å²) in [6.45, 7) is 11.4. The second-order valence-electron chi connectivity index (χ2n) is 17.8. The number of rotatable bonds is 4. The smallest absolute Gasteiger partial charge is 0.315 e. The van der Waals surface area contributed by atoms with Crippen LogP contribution in [-0.2, 0) is 19.1 Å². The monoisotopic (exact) mass is 680 g/mol. The van der Waals surface area contributed by atoms with Crippen molar-refractivity contribution >= 4 is 11.9 Å². The van der Waals surface area contributed by atoms with E-state index in [0.717, 1.165) is 5.57 Å². The van der Waals surface area contributed by atoms with Crippen LogP contribution in [0, 0.1) is 50.2 Å². The molecule has 0 aromatic heterocycles. The van der Waals surface area contributed by atoms with E-state index in [9.17, 15) is 50.4 Å². The Hall–Kier alpha value is -1.64. The Morgan fingerprint density at radius 2 is 1.50 bits per heavy atom. The number of esters is 1. The van der Waals surface area contributed by atoms with Gasteiger partial charge in [-0.1, -0.05) is 46.3 Å². The van der Waals surface area contributed by atoms with Crippen molar-refractivity contribution in [2.75, 3.05) is 6.61 Å². The van der Waals surface area contributed by atoms with Crippen LogP contribution in [0.15, 0.2) is 11.6 Å². The minimum atomic E-state index is -1.74. The van der Waals surface area contributed by atoms with E-state index in [1.54, 1.807) is 6.92 Å². The maximum atomic E-state index is 14.4. The van der Waals surface area contributed by atoms with Crippen LogP contribution in [0.3, 0.4) is 0 Å². The SMILES string of the molecule is CC1(C)CC[C@]2(C(=O)O[C@@H]3O[C@H](CO)[C@@H](O)[C@H](O)[C@H]3O)CC[C@]3(C)C(=CC[C@H]4[C@@]5(C)C[C@@H](O)[C@H](O)[C@](C)(C(=O)O)[C@@H]5CC[C@]43C)[C@@H]2[C@H]1O. The minimum Gasteiger partial charge on any atom is -0.481 e. The van der Waals surface area contributed by atoms with Crippen molar-refractivity contribution in [3.8, 4) is 0 Å². The number of ether oxygens (including phenoxy) is 2. The fourth-order valence-corrected chi connectivity index (χ4v) is 12.1. The number of carboxylic acid groups (broad SMARTS) is 1. The molecule has 0 aromatic rings. The second-order valence-corrected chi connectivity index (χ2v) is 17.8. The van der Waals surface area contributed by atoms with Gasteiger partial charge in [0, 0.05) is 5.92 Å². The number of aliphatic hydroxyl groups excluding tert-OH is 7. The Morgan fingerprint density at radius 3 is 2.12 bits per heavy atom. The average Bonchev–Trinajstić information content (AvgIpc) is 3.02. The molecule has 6 aliphatic rings. The van der Waals surface area contributed by atoms with E-state index in [4.69, 9.17) is 9.47 Å². The molecule has 1 heterocycles. The molecule has 0 spiro atoms. The number of hydrogen-bond donors (Lipinski definition) is 8. The maximum absolute atomic E-state index is 14.4. The van der Waals surface area contributed by atoms with Gasteiger partial charge in [-0.3, -0.25) is 9.59 Å². The molecule has 1 aliphatic heterocycles. The van der Waals surface area contributed by atoms with Crippen molar-refractivity contribution in [2.24, 2.45) is 50.2 Å². The number of aliphatic hydroxyl groups is 7. The molecule has 0 radical (unpaired) electrons. The summed E-state index contributed by atoms with van der Waals surface area (Å²) in [6.07, 6.45) is -5.35. The van der Waals surface area contributed by atoms with Gasteiger partial charge in [0.15, 0.2) is 0 Å². The summed E-state index contributed by atoms with van der Waals surface area (Å²) in [7, 11) is 0. The van der Waals surface area contributed by atoms with Crippen LogP contribution in [0.5, 0.6) is 0 Å².